The normalized spacial score (nSPS) is 14.2. The molecular formula is C22H22ClN5O2. The fourth-order valence-electron chi connectivity index (χ4n) is 3.47. The highest BCUT2D eigenvalue weighted by molar-refractivity contribution is 6.33. The number of para-hydroxylation sites is 1. The summed E-state index contributed by atoms with van der Waals surface area (Å²) in [5.74, 6) is -0.0132. The standard InChI is InChI=1S/C22H22ClN5O2/c23-17-8-3-1-7-16(17)21(29)26-19(22(30)28-27-20-10-5-11-24-20)12-14-13-25-18-9-4-2-6-15(14)18/h1-4,6-9,13,19,25H,5,10-12H2,(H,24,27)(H,26,29)(H,28,30). The maximum absolute atomic E-state index is 12.9. The van der Waals surface area contributed by atoms with Gasteiger partial charge in [0.2, 0.25) is 0 Å². The number of fused-ring (bicyclic) bond motifs is 1. The zero-order chi connectivity index (χ0) is 20.9. The molecule has 0 radical (unpaired) electrons. The molecule has 1 atom stereocenters. The summed E-state index contributed by atoms with van der Waals surface area (Å²) in [5.41, 5.74) is 7.78. The molecule has 2 heterocycles. The number of aliphatic imine (C=N–C) groups is 1. The number of hydrogen-bond acceptors (Lipinski definition) is 4. The highest BCUT2D eigenvalue weighted by Gasteiger charge is 2.24. The van der Waals surface area contributed by atoms with Crippen molar-refractivity contribution < 1.29 is 9.59 Å². The van der Waals surface area contributed by atoms with Crippen LogP contribution in [0.5, 0.6) is 0 Å². The Morgan fingerprint density at radius 1 is 1.13 bits per heavy atom. The van der Waals surface area contributed by atoms with E-state index < -0.39 is 11.9 Å². The monoisotopic (exact) mass is 423 g/mol. The molecule has 1 aliphatic rings. The van der Waals surface area contributed by atoms with Gasteiger partial charge in [0, 0.05) is 36.5 Å². The summed E-state index contributed by atoms with van der Waals surface area (Å²) in [4.78, 5) is 33.2. The Kier molecular flexibility index (Phi) is 5.99. The molecule has 0 fully saturated rings. The molecule has 0 spiro atoms. The maximum Gasteiger partial charge on any atom is 0.261 e. The van der Waals surface area contributed by atoms with Crippen molar-refractivity contribution in [1.29, 1.82) is 0 Å². The molecule has 30 heavy (non-hydrogen) atoms. The molecule has 154 valence electrons. The van der Waals surface area contributed by atoms with Crippen molar-refractivity contribution in [2.45, 2.75) is 25.3 Å². The number of H-pyrrole nitrogens is 1. The highest BCUT2D eigenvalue weighted by Crippen LogP contribution is 2.20. The molecule has 0 saturated heterocycles. The number of nitrogens with one attached hydrogen (secondary N) is 4. The third-order valence-corrected chi connectivity index (χ3v) is 5.37. The lowest BCUT2D eigenvalue weighted by atomic mass is 10.0. The van der Waals surface area contributed by atoms with E-state index in [2.05, 4.69) is 26.1 Å². The Morgan fingerprint density at radius 3 is 2.73 bits per heavy atom. The number of amidine groups is 1. The number of carbonyl (C=O) groups excluding carboxylic acids is 2. The summed E-state index contributed by atoms with van der Waals surface area (Å²) in [7, 11) is 0. The smallest absolute Gasteiger partial charge is 0.261 e. The van der Waals surface area contributed by atoms with Crippen LogP contribution >= 0.6 is 11.6 Å². The lowest BCUT2D eigenvalue weighted by Crippen LogP contribution is -2.53. The number of nitrogens with zero attached hydrogens (tertiary/aromatic N) is 1. The number of aromatic nitrogens is 1. The summed E-state index contributed by atoms with van der Waals surface area (Å²) in [5, 5.41) is 4.17. The predicted octanol–water partition coefficient (Wildman–Crippen LogP) is 2.98. The molecule has 1 aromatic heterocycles. The van der Waals surface area contributed by atoms with Gasteiger partial charge >= 0.3 is 0 Å². The molecule has 7 nitrogen and oxygen atoms in total. The number of rotatable bonds is 5. The molecule has 3 aromatic rings. The summed E-state index contributed by atoms with van der Waals surface area (Å²) in [6.07, 6.45) is 3.93. The summed E-state index contributed by atoms with van der Waals surface area (Å²) >= 11 is 6.16. The number of amides is 2. The second-order valence-corrected chi connectivity index (χ2v) is 7.52. The zero-order valence-electron chi connectivity index (χ0n) is 16.2. The van der Waals surface area contributed by atoms with E-state index in [1.54, 1.807) is 24.3 Å². The second-order valence-electron chi connectivity index (χ2n) is 7.12. The topological polar surface area (TPSA) is 98.4 Å². The number of carbonyl (C=O) groups is 2. The average Bonchev–Trinajstić information content (AvgIpc) is 3.42. The van der Waals surface area contributed by atoms with Gasteiger partial charge in [0.05, 0.1) is 10.6 Å². The maximum atomic E-state index is 12.9. The second kappa shape index (κ2) is 9.00. The zero-order valence-corrected chi connectivity index (χ0v) is 17.0. The Bertz CT molecular complexity index is 1110. The van der Waals surface area contributed by atoms with Gasteiger partial charge in [-0.1, -0.05) is 41.9 Å². The SMILES string of the molecule is O=C(NC(Cc1c[nH]c2ccccc12)C(=O)NNC1=NCCC1)c1ccccc1Cl. The van der Waals surface area contributed by atoms with Crippen molar-refractivity contribution >= 4 is 40.2 Å². The van der Waals surface area contributed by atoms with Crippen molar-refractivity contribution in [1.82, 2.24) is 21.2 Å². The fraction of sp³-hybridized carbons (Fsp3) is 0.227. The van der Waals surface area contributed by atoms with Gasteiger partial charge in [-0.3, -0.25) is 25.4 Å². The summed E-state index contributed by atoms with van der Waals surface area (Å²) in [6, 6.07) is 13.8. The molecule has 2 aromatic carbocycles. The van der Waals surface area contributed by atoms with Crippen LogP contribution < -0.4 is 16.2 Å². The van der Waals surface area contributed by atoms with Gasteiger partial charge in [0.15, 0.2) is 0 Å². The number of hydrazine groups is 1. The molecular weight excluding hydrogens is 402 g/mol. The summed E-state index contributed by atoms with van der Waals surface area (Å²) in [6.45, 7) is 0.750. The quantitative estimate of drug-likeness (QED) is 0.475. The van der Waals surface area contributed by atoms with Crippen LogP contribution in [0.3, 0.4) is 0 Å². The molecule has 1 unspecified atom stereocenters. The van der Waals surface area contributed by atoms with Crippen LogP contribution in [0.25, 0.3) is 10.9 Å². The lowest BCUT2D eigenvalue weighted by molar-refractivity contribution is -0.123. The molecule has 2 amide bonds. The van der Waals surface area contributed by atoms with Crippen LogP contribution in [-0.2, 0) is 11.2 Å². The molecule has 8 heteroatoms. The Labute approximate surface area is 178 Å². The van der Waals surface area contributed by atoms with Gasteiger partial charge in [-0.15, -0.1) is 0 Å². The number of halogens is 1. The van der Waals surface area contributed by atoms with E-state index >= 15 is 0 Å². The first-order valence-electron chi connectivity index (χ1n) is 9.81. The number of aromatic amines is 1. The van der Waals surface area contributed by atoms with Gasteiger partial charge in [0.25, 0.3) is 11.8 Å². The summed E-state index contributed by atoms with van der Waals surface area (Å²) < 4.78 is 0. The minimum atomic E-state index is -0.803. The van der Waals surface area contributed by atoms with Crippen LogP contribution in [0.1, 0.15) is 28.8 Å². The predicted molar refractivity (Wildman–Crippen MR) is 118 cm³/mol. The lowest BCUT2D eigenvalue weighted by Gasteiger charge is -2.19. The largest absolute Gasteiger partial charge is 0.361 e. The minimum absolute atomic E-state index is 0.320. The van der Waals surface area contributed by atoms with Gasteiger partial charge in [-0.2, -0.15) is 0 Å². The van der Waals surface area contributed by atoms with Gasteiger partial charge < -0.3 is 10.3 Å². The van der Waals surface area contributed by atoms with Gasteiger partial charge in [0.1, 0.15) is 11.9 Å². The van der Waals surface area contributed by atoms with Crippen molar-refractivity contribution in [3.63, 3.8) is 0 Å². The molecule has 0 saturated carbocycles. The Hall–Kier alpha value is -3.32. The fourth-order valence-corrected chi connectivity index (χ4v) is 3.70. The third kappa shape index (κ3) is 4.46. The molecule has 0 aliphatic carbocycles. The van der Waals surface area contributed by atoms with E-state index in [9.17, 15) is 9.59 Å². The molecule has 1 aliphatic heterocycles. The highest BCUT2D eigenvalue weighted by atomic mass is 35.5. The number of hydrogen-bond donors (Lipinski definition) is 4. The van der Waals surface area contributed by atoms with Crippen LogP contribution in [0.4, 0.5) is 0 Å². The van der Waals surface area contributed by atoms with E-state index in [1.165, 1.54) is 0 Å². The third-order valence-electron chi connectivity index (χ3n) is 5.04. The van der Waals surface area contributed by atoms with E-state index in [0.29, 0.717) is 17.0 Å². The van der Waals surface area contributed by atoms with E-state index in [-0.39, 0.29) is 5.91 Å². The van der Waals surface area contributed by atoms with Gasteiger partial charge in [-0.25, -0.2) is 0 Å². The van der Waals surface area contributed by atoms with E-state index in [1.807, 2.05) is 30.5 Å². The van der Waals surface area contributed by atoms with E-state index in [4.69, 9.17) is 11.6 Å². The molecule has 4 rings (SSSR count). The van der Waals surface area contributed by atoms with Crippen LogP contribution in [0.2, 0.25) is 5.02 Å². The minimum Gasteiger partial charge on any atom is -0.361 e. The van der Waals surface area contributed by atoms with Crippen molar-refractivity contribution in [3.05, 3.63) is 70.9 Å². The molecule has 4 N–H and O–H groups in total. The van der Waals surface area contributed by atoms with Crippen LogP contribution in [-0.4, -0.2) is 35.2 Å². The van der Waals surface area contributed by atoms with Gasteiger partial charge in [-0.05, 0) is 30.2 Å². The Morgan fingerprint density at radius 2 is 1.93 bits per heavy atom. The average molecular weight is 424 g/mol. The number of benzene rings is 2. The first-order valence-corrected chi connectivity index (χ1v) is 10.2. The van der Waals surface area contributed by atoms with Crippen LogP contribution in [0.15, 0.2) is 59.7 Å². The first kappa shape index (κ1) is 20.0. The van der Waals surface area contributed by atoms with E-state index in [0.717, 1.165) is 41.7 Å². The van der Waals surface area contributed by atoms with Crippen LogP contribution in [0, 0.1) is 0 Å². The first-order chi connectivity index (χ1) is 14.6. The molecule has 0 bridgehead atoms. The van der Waals surface area contributed by atoms with Crippen molar-refractivity contribution in [2.24, 2.45) is 4.99 Å². The van der Waals surface area contributed by atoms with Crippen molar-refractivity contribution in [3.8, 4) is 0 Å². The Balaban J connectivity index is 1.54. The van der Waals surface area contributed by atoms with Crippen molar-refractivity contribution in [2.75, 3.05) is 6.54 Å².